The molecule has 5 heteroatoms. The summed E-state index contributed by atoms with van der Waals surface area (Å²) in [5.74, 6) is -0.586. The van der Waals surface area contributed by atoms with Crippen molar-refractivity contribution in [3.63, 3.8) is 0 Å². The lowest BCUT2D eigenvalue weighted by molar-refractivity contribution is 0.636. The van der Waals surface area contributed by atoms with Gasteiger partial charge in [-0.15, -0.1) is 0 Å². The summed E-state index contributed by atoms with van der Waals surface area (Å²) < 4.78 is 14.0. The van der Waals surface area contributed by atoms with Gasteiger partial charge in [-0.3, -0.25) is 4.98 Å². The molecule has 4 nitrogen and oxygen atoms in total. The molecule has 0 amide bonds. The van der Waals surface area contributed by atoms with E-state index in [0.717, 1.165) is 5.56 Å². The molecule has 1 aromatic heterocycles. The number of aromatic nitrogens is 1. The van der Waals surface area contributed by atoms with Gasteiger partial charge < -0.3 is 11.5 Å². The molecule has 0 spiro atoms. The highest BCUT2D eigenvalue weighted by Gasteiger charge is 2.12. The first-order valence-corrected chi connectivity index (χ1v) is 5.29. The molecule has 0 unspecified atom stereocenters. The number of hydrogen-bond donors (Lipinski definition) is 2. The number of anilines is 2. The molecule has 4 N–H and O–H groups in total. The predicted octanol–water partition coefficient (Wildman–Crippen LogP) is 2.12. The topological polar surface area (TPSA) is 88.7 Å². The third-order valence-corrected chi connectivity index (χ3v) is 2.60. The number of nitrogens with zero attached hydrogens (tertiary/aromatic N) is 2. The van der Waals surface area contributed by atoms with Gasteiger partial charge in [0.2, 0.25) is 0 Å². The van der Waals surface area contributed by atoms with E-state index in [0.29, 0.717) is 5.69 Å². The summed E-state index contributed by atoms with van der Waals surface area (Å²) in [6.07, 6.45) is 1.79. The highest BCUT2D eigenvalue weighted by molar-refractivity contribution is 5.74. The van der Waals surface area contributed by atoms with Gasteiger partial charge in [0.05, 0.1) is 29.6 Å². The Hall–Kier alpha value is -2.61. The normalized spacial score (nSPS) is 10.0. The number of rotatable bonds is 2. The van der Waals surface area contributed by atoms with Crippen molar-refractivity contribution in [3.8, 4) is 17.3 Å². The average molecular weight is 242 g/mol. The Morgan fingerprint density at radius 2 is 2.06 bits per heavy atom. The standard InChI is InChI=1S/C13H11FN4/c14-12-9(1-2-10(16)13(12)17)11-7-8(3-5-15)4-6-18-11/h1-2,4,6-7H,3,16-17H2. The number of nitriles is 1. The van der Waals surface area contributed by atoms with Gasteiger partial charge in [0, 0.05) is 11.8 Å². The number of benzene rings is 1. The Balaban J connectivity index is 2.53. The van der Waals surface area contributed by atoms with Crippen LogP contribution in [-0.4, -0.2) is 4.98 Å². The molecule has 0 aliphatic heterocycles. The van der Waals surface area contributed by atoms with Crippen LogP contribution in [0.4, 0.5) is 15.8 Å². The third-order valence-electron chi connectivity index (χ3n) is 2.60. The zero-order valence-electron chi connectivity index (χ0n) is 9.52. The summed E-state index contributed by atoms with van der Waals surface area (Å²) in [7, 11) is 0. The third kappa shape index (κ3) is 2.09. The molecule has 0 radical (unpaired) electrons. The quantitative estimate of drug-likeness (QED) is 0.789. The van der Waals surface area contributed by atoms with Gasteiger partial charge in [-0.1, -0.05) is 0 Å². The molecule has 90 valence electrons. The van der Waals surface area contributed by atoms with E-state index in [1.54, 1.807) is 12.1 Å². The fraction of sp³-hybridized carbons (Fsp3) is 0.0769. The van der Waals surface area contributed by atoms with Crippen molar-refractivity contribution in [2.75, 3.05) is 11.5 Å². The van der Waals surface area contributed by atoms with Crippen LogP contribution in [0, 0.1) is 17.1 Å². The lowest BCUT2D eigenvalue weighted by Crippen LogP contribution is -2.00. The van der Waals surface area contributed by atoms with E-state index in [1.807, 2.05) is 6.07 Å². The maximum atomic E-state index is 14.0. The summed E-state index contributed by atoms with van der Waals surface area (Å²) >= 11 is 0. The Bertz CT molecular complexity index is 631. The fourth-order valence-corrected chi connectivity index (χ4v) is 1.63. The summed E-state index contributed by atoms with van der Waals surface area (Å²) in [5.41, 5.74) is 12.7. The number of nitrogens with two attached hydrogens (primary N) is 2. The van der Waals surface area contributed by atoms with Gasteiger partial charge in [-0.25, -0.2) is 4.39 Å². The molecule has 0 saturated carbocycles. The molecule has 2 rings (SSSR count). The van der Waals surface area contributed by atoms with Crippen LogP contribution in [0.2, 0.25) is 0 Å². The first kappa shape index (κ1) is 11.9. The molecular formula is C13H11FN4. The van der Waals surface area contributed by atoms with Crippen molar-refractivity contribution in [1.82, 2.24) is 4.98 Å². The maximum absolute atomic E-state index is 14.0. The Morgan fingerprint density at radius 3 is 2.78 bits per heavy atom. The van der Waals surface area contributed by atoms with Crippen molar-refractivity contribution in [3.05, 3.63) is 41.8 Å². The molecule has 0 fully saturated rings. The summed E-state index contributed by atoms with van der Waals surface area (Å²) in [6.45, 7) is 0. The summed E-state index contributed by atoms with van der Waals surface area (Å²) in [6, 6.07) is 8.47. The summed E-state index contributed by atoms with van der Waals surface area (Å²) in [5, 5.41) is 8.64. The number of halogens is 1. The van der Waals surface area contributed by atoms with Crippen LogP contribution in [0.5, 0.6) is 0 Å². The highest BCUT2D eigenvalue weighted by atomic mass is 19.1. The van der Waals surface area contributed by atoms with E-state index >= 15 is 0 Å². The second kappa shape index (κ2) is 4.72. The number of nitrogen functional groups attached to an aromatic ring is 2. The van der Waals surface area contributed by atoms with E-state index in [2.05, 4.69) is 4.98 Å². The van der Waals surface area contributed by atoms with Crippen molar-refractivity contribution in [2.24, 2.45) is 0 Å². The van der Waals surface area contributed by atoms with Crippen LogP contribution in [0.3, 0.4) is 0 Å². The van der Waals surface area contributed by atoms with Crippen LogP contribution in [-0.2, 0) is 6.42 Å². The van der Waals surface area contributed by atoms with Crippen LogP contribution >= 0.6 is 0 Å². The molecule has 0 saturated heterocycles. The minimum atomic E-state index is -0.586. The largest absolute Gasteiger partial charge is 0.397 e. The molecular weight excluding hydrogens is 231 g/mol. The number of pyridine rings is 1. The average Bonchev–Trinajstić information content (AvgIpc) is 2.37. The summed E-state index contributed by atoms with van der Waals surface area (Å²) in [4.78, 5) is 4.08. The van der Waals surface area contributed by atoms with Crippen LogP contribution in [0.25, 0.3) is 11.3 Å². The van der Waals surface area contributed by atoms with Crippen molar-refractivity contribution < 1.29 is 4.39 Å². The molecule has 0 bridgehead atoms. The molecule has 0 aliphatic carbocycles. The Kier molecular flexibility index (Phi) is 3.11. The first-order valence-electron chi connectivity index (χ1n) is 5.29. The van der Waals surface area contributed by atoms with E-state index in [1.165, 1.54) is 18.3 Å². The zero-order valence-corrected chi connectivity index (χ0v) is 9.52. The van der Waals surface area contributed by atoms with Crippen molar-refractivity contribution in [2.45, 2.75) is 6.42 Å². The lowest BCUT2D eigenvalue weighted by Gasteiger charge is -2.08. The smallest absolute Gasteiger partial charge is 0.157 e. The first-order chi connectivity index (χ1) is 8.63. The molecule has 1 aromatic carbocycles. The van der Waals surface area contributed by atoms with Gasteiger partial charge in [0.1, 0.15) is 0 Å². The van der Waals surface area contributed by atoms with E-state index in [-0.39, 0.29) is 23.4 Å². The molecule has 2 aromatic rings. The fourth-order valence-electron chi connectivity index (χ4n) is 1.63. The molecule has 0 aliphatic rings. The van der Waals surface area contributed by atoms with E-state index in [9.17, 15) is 4.39 Å². The van der Waals surface area contributed by atoms with Gasteiger partial charge in [-0.05, 0) is 29.8 Å². The lowest BCUT2D eigenvalue weighted by atomic mass is 10.1. The van der Waals surface area contributed by atoms with Gasteiger partial charge in [-0.2, -0.15) is 5.26 Å². The van der Waals surface area contributed by atoms with Crippen molar-refractivity contribution >= 4 is 11.4 Å². The van der Waals surface area contributed by atoms with E-state index < -0.39 is 5.82 Å². The zero-order chi connectivity index (χ0) is 13.1. The minimum absolute atomic E-state index is 0.0833. The van der Waals surface area contributed by atoms with Crippen LogP contribution < -0.4 is 11.5 Å². The van der Waals surface area contributed by atoms with Gasteiger partial charge >= 0.3 is 0 Å². The SMILES string of the molecule is N#CCc1ccnc(-c2ccc(N)c(N)c2F)c1. The highest BCUT2D eigenvalue weighted by Crippen LogP contribution is 2.29. The molecule has 0 atom stereocenters. The number of hydrogen-bond acceptors (Lipinski definition) is 4. The monoisotopic (exact) mass is 242 g/mol. The Labute approximate surface area is 104 Å². The van der Waals surface area contributed by atoms with Gasteiger partial charge in [0.25, 0.3) is 0 Å². The second-order valence-electron chi connectivity index (χ2n) is 3.81. The van der Waals surface area contributed by atoms with Crippen molar-refractivity contribution in [1.29, 1.82) is 5.26 Å². The van der Waals surface area contributed by atoms with Gasteiger partial charge in [0.15, 0.2) is 5.82 Å². The predicted molar refractivity (Wildman–Crippen MR) is 67.8 cm³/mol. The Morgan fingerprint density at radius 1 is 1.28 bits per heavy atom. The molecule has 1 heterocycles. The minimum Gasteiger partial charge on any atom is -0.397 e. The molecule has 18 heavy (non-hydrogen) atoms. The van der Waals surface area contributed by atoms with E-state index in [4.69, 9.17) is 16.7 Å². The van der Waals surface area contributed by atoms with Crippen LogP contribution in [0.15, 0.2) is 30.5 Å². The maximum Gasteiger partial charge on any atom is 0.157 e. The second-order valence-corrected chi connectivity index (χ2v) is 3.81. The van der Waals surface area contributed by atoms with Crippen LogP contribution in [0.1, 0.15) is 5.56 Å².